The van der Waals surface area contributed by atoms with Crippen LogP contribution in [0.4, 0.5) is 5.69 Å². The maximum Gasteiger partial charge on any atom is 0.262 e. The van der Waals surface area contributed by atoms with Crippen LogP contribution in [0.25, 0.3) is 0 Å². The fourth-order valence-electron chi connectivity index (χ4n) is 1.81. The van der Waals surface area contributed by atoms with E-state index < -0.39 is 0 Å². The highest BCUT2D eigenvalue weighted by atomic mass is 35.5. The highest BCUT2D eigenvalue weighted by Crippen LogP contribution is 2.21. The topological polar surface area (TPSA) is 55.4 Å². The van der Waals surface area contributed by atoms with E-state index in [1.54, 1.807) is 18.2 Å². The van der Waals surface area contributed by atoms with E-state index in [0.717, 1.165) is 5.56 Å². The zero-order valence-corrected chi connectivity index (χ0v) is 12.2. The summed E-state index contributed by atoms with van der Waals surface area (Å²) in [5.74, 6) is 0.0289. The number of carbonyl (C=O) groups excluding carboxylic acids is 2. The van der Waals surface area contributed by atoms with Gasteiger partial charge in [-0.1, -0.05) is 23.7 Å². The first-order valence-corrected chi connectivity index (χ1v) is 6.70. The second-order valence-electron chi connectivity index (χ2n) is 4.51. The molecule has 0 aliphatic rings. The molecule has 108 valence electrons. The first-order valence-electron chi connectivity index (χ1n) is 6.32. The zero-order chi connectivity index (χ0) is 15.2. The highest BCUT2D eigenvalue weighted by Gasteiger charge is 2.07. The molecule has 0 aromatic heterocycles. The van der Waals surface area contributed by atoms with Crippen molar-refractivity contribution >= 4 is 29.5 Å². The molecule has 1 amide bonds. The Hall–Kier alpha value is -2.33. The molecule has 0 atom stereocenters. The average Bonchev–Trinajstić information content (AvgIpc) is 2.45. The Balaban J connectivity index is 1.97. The van der Waals surface area contributed by atoms with Crippen LogP contribution in [0.1, 0.15) is 15.9 Å². The number of benzene rings is 2. The average molecular weight is 304 g/mol. The second-order valence-corrected chi connectivity index (χ2v) is 4.94. The van der Waals surface area contributed by atoms with Crippen LogP contribution in [0.15, 0.2) is 42.5 Å². The van der Waals surface area contributed by atoms with Crippen molar-refractivity contribution in [1.82, 2.24) is 0 Å². The summed E-state index contributed by atoms with van der Waals surface area (Å²) in [6.07, 6.45) is 0.639. The van der Waals surface area contributed by atoms with E-state index in [1.165, 1.54) is 6.07 Å². The van der Waals surface area contributed by atoms with Crippen molar-refractivity contribution in [3.05, 3.63) is 58.6 Å². The molecule has 0 fully saturated rings. The van der Waals surface area contributed by atoms with Gasteiger partial charge < -0.3 is 10.1 Å². The van der Waals surface area contributed by atoms with Gasteiger partial charge in [0.1, 0.15) is 5.75 Å². The van der Waals surface area contributed by atoms with Crippen molar-refractivity contribution in [2.75, 3.05) is 11.9 Å². The molecular weight excluding hydrogens is 290 g/mol. The Labute approximate surface area is 127 Å². The summed E-state index contributed by atoms with van der Waals surface area (Å²) < 4.78 is 5.35. The van der Waals surface area contributed by atoms with Crippen molar-refractivity contribution < 1.29 is 14.3 Å². The first kappa shape index (κ1) is 15.1. The van der Waals surface area contributed by atoms with Crippen LogP contribution in [0.5, 0.6) is 5.75 Å². The number of ether oxygens (including phenoxy) is 1. The highest BCUT2D eigenvalue weighted by molar-refractivity contribution is 6.30. The summed E-state index contributed by atoms with van der Waals surface area (Å²) in [6, 6.07) is 12.1. The lowest BCUT2D eigenvalue weighted by Crippen LogP contribution is -2.20. The van der Waals surface area contributed by atoms with E-state index in [4.69, 9.17) is 16.3 Å². The van der Waals surface area contributed by atoms with Crippen LogP contribution in [0.2, 0.25) is 5.02 Å². The normalized spacial score (nSPS) is 10.0. The minimum absolute atomic E-state index is 0.184. The number of halogens is 1. The quantitative estimate of drug-likeness (QED) is 0.860. The van der Waals surface area contributed by atoms with Crippen molar-refractivity contribution in [2.24, 2.45) is 0 Å². The van der Waals surface area contributed by atoms with Gasteiger partial charge in [0, 0.05) is 10.7 Å². The van der Waals surface area contributed by atoms with Gasteiger partial charge in [-0.2, -0.15) is 0 Å². The molecule has 0 radical (unpaired) electrons. The van der Waals surface area contributed by atoms with Crippen LogP contribution in [-0.4, -0.2) is 18.8 Å². The summed E-state index contributed by atoms with van der Waals surface area (Å²) in [6.45, 7) is 1.76. The molecule has 0 unspecified atom stereocenters. The van der Waals surface area contributed by atoms with E-state index in [-0.39, 0.29) is 12.5 Å². The van der Waals surface area contributed by atoms with Gasteiger partial charge in [0.2, 0.25) is 0 Å². The predicted molar refractivity (Wildman–Crippen MR) is 82.1 cm³/mol. The van der Waals surface area contributed by atoms with Crippen LogP contribution in [-0.2, 0) is 4.79 Å². The number of amides is 1. The standard InChI is InChI=1S/C16H14ClNO3/c1-11-3-2-4-14(7-11)18-16(20)10-21-15-6-5-13(17)8-12(15)9-19/h2-9H,10H2,1H3,(H,18,20). The number of aryl methyl sites for hydroxylation is 1. The van der Waals surface area contributed by atoms with E-state index in [9.17, 15) is 9.59 Å². The van der Waals surface area contributed by atoms with Crippen LogP contribution in [0, 0.1) is 6.92 Å². The van der Waals surface area contributed by atoms with E-state index >= 15 is 0 Å². The Morgan fingerprint density at radius 3 is 2.81 bits per heavy atom. The van der Waals surface area contributed by atoms with Crippen molar-refractivity contribution in [3.63, 3.8) is 0 Å². The Kier molecular flexibility index (Phi) is 4.95. The van der Waals surface area contributed by atoms with Crippen molar-refractivity contribution in [2.45, 2.75) is 6.92 Å². The molecule has 5 heteroatoms. The summed E-state index contributed by atoms with van der Waals surface area (Å²) in [4.78, 5) is 22.7. The third-order valence-electron chi connectivity index (χ3n) is 2.76. The Morgan fingerprint density at radius 2 is 2.10 bits per heavy atom. The van der Waals surface area contributed by atoms with Crippen molar-refractivity contribution in [3.8, 4) is 5.75 Å². The fraction of sp³-hybridized carbons (Fsp3) is 0.125. The number of aldehydes is 1. The van der Waals surface area contributed by atoms with Crippen molar-refractivity contribution in [1.29, 1.82) is 0 Å². The summed E-state index contributed by atoms with van der Waals surface area (Å²) in [5.41, 5.74) is 2.07. The molecule has 1 N–H and O–H groups in total. The number of carbonyl (C=O) groups is 2. The lowest BCUT2D eigenvalue weighted by atomic mass is 10.2. The van der Waals surface area contributed by atoms with E-state index in [0.29, 0.717) is 28.3 Å². The van der Waals surface area contributed by atoms with Crippen LogP contribution < -0.4 is 10.1 Å². The number of hydrogen-bond donors (Lipinski definition) is 1. The zero-order valence-electron chi connectivity index (χ0n) is 11.4. The molecule has 2 aromatic rings. The maximum absolute atomic E-state index is 11.8. The van der Waals surface area contributed by atoms with Crippen LogP contribution in [0.3, 0.4) is 0 Å². The molecule has 0 aliphatic carbocycles. The largest absolute Gasteiger partial charge is 0.483 e. The molecule has 0 bridgehead atoms. The number of rotatable bonds is 5. The van der Waals surface area contributed by atoms with Gasteiger partial charge in [-0.3, -0.25) is 9.59 Å². The van der Waals surface area contributed by atoms with Gasteiger partial charge in [-0.15, -0.1) is 0 Å². The predicted octanol–water partition coefficient (Wildman–Crippen LogP) is 3.48. The molecule has 0 aliphatic heterocycles. The van der Waals surface area contributed by atoms with E-state index in [2.05, 4.69) is 5.32 Å². The third kappa shape index (κ3) is 4.33. The molecule has 21 heavy (non-hydrogen) atoms. The minimum atomic E-state index is -0.299. The maximum atomic E-state index is 11.8. The van der Waals surface area contributed by atoms with Gasteiger partial charge in [-0.25, -0.2) is 0 Å². The second kappa shape index (κ2) is 6.90. The summed E-state index contributed by atoms with van der Waals surface area (Å²) in [7, 11) is 0. The lowest BCUT2D eigenvalue weighted by molar-refractivity contribution is -0.118. The van der Waals surface area contributed by atoms with Gasteiger partial charge in [0.15, 0.2) is 12.9 Å². The van der Waals surface area contributed by atoms with Gasteiger partial charge in [0.25, 0.3) is 5.91 Å². The number of hydrogen-bond acceptors (Lipinski definition) is 3. The Bertz CT molecular complexity index is 670. The molecule has 0 spiro atoms. The molecule has 0 saturated heterocycles. The smallest absolute Gasteiger partial charge is 0.262 e. The molecule has 4 nitrogen and oxygen atoms in total. The molecule has 0 saturated carbocycles. The minimum Gasteiger partial charge on any atom is -0.483 e. The fourth-order valence-corrected chi connectivity index (χ4v) is 1.99. The molecule has 0 heterocycles. The molecule has 2 rings (SSSR count). The van der Waals surface area contributed by atoms with Gasteiger partial charge >= 0.3 is 0 Å². The SMILES string of the molecule is Cc1cccc(NC(=O)COc2ccc(Cl)cc2C=O)c1. The molecular formula is C16H14ClNO3. The monoisotopic (exact) mass is 303 g/mol. The van der Waals surface area contributed by atoms with Crippen LogP contribution >= 0.6 is 11.6 Å². The number of nitrogens with one attached hydrogen (secondary N) is 1. The van der Waals surface area contributed by atoms with Gasteiger partial charge in [0.05, 0.1) is 5.56 Å². The third-order valence-corrected chi connectivity index (χ3v) is 2.99. The first-order chi connectivity index (χ1) is 10.1. The number of anilines is 1. The summed E-state index contributed by atoms with van der Waals surface area (Å²) in [5, 5.41) is 3.16. The molecule has 2 aromatic carbocycles. The summed E-state index contributed by atoms with van der Waals surface area (Å²) >= 11 is 5.79. The van der Waals surface area contributed by atoms with E-state index in [1.807, 2.05) is 25.1 Å². The lowest BCUT2D eigenvalue weighted by Gasteiger charge is -2.09. The Morgan fingerprint density at radius 1 is 1.29 bits per heavy atom. The van der Waals surface area contributed by atoms with Gasteiger partial charge in [-0.05, 0) is 42.8 Å².